The van der Waals surface area contributed by atoms with Gasteiger partial charge in [-0.3, -0.25) is 9.36 Å². The van der Waals surface area contributed by atoms with Gasteiger partial charge in [0.1, 0.15) is 10.5 Å². The predicted molar refractivity (Wildman–Crippen MR) is 153 cm³/mol. The van der Waals surface area contributed by atoms with Crippen molar-refractivity contribution < 1.29 is 9.53 Å². The minimum Gasteiger partial charge on any atom is -0.460 e. The number of allylic oxidation sites excluding steroid dienone is 1. The van der Waals surface area contributed by atoms with Crippen LogP contribution in [0.4, 0.5) is 0 Å². The van der Waals surface area contributed by atoms with Crippen LogP contribution in [0.15, 0.2) is 58.9 Å². The second kappa shape index (κ2) is 10.8. The average molecular weight is 528 g/mol. The molecule has 3 aromatic rings. The Balaban J connectivity index is 2.01. The van der Waals surface area contributed by atoms with Gasteiger partial charge in [-0.25, -0.2) is 4.79 Å². The number of rotatable bonds is 6. The molecule has 0 fully saturated rings. The Morgan fingerprint density at radius 1 is 1.00 bits per heavy atom. The summed E-state index contributed by atoms with van der Waals surface area (Å²) < 4.78 is 7.72. The molecule has 0 aliphatic carbocycles. The number of esters is 1. The molecule has 7 heteroatoms. The summed E-state index contributed by atoms with van der Waals surface area (Å²) in [5.74, 6) is -0.549. The topological polar surface area (TPSA) is 98.1 Å². The largest absolute Gasteiger partial charge is 0.460 e. The number of benzene rings is 2. The maximum atomic E-state index is 13.6. The number of nitrogens with two attached hydrogens (primary N) is 1. The van der Waals surface area contributed by atoms with Crippen molar-refractivity contribution in [2.45, 2.75) is 65.4 Å². The lowest BCUT2D eigenvalue weighted by molar-refractivity contribution is -0.140. The highest BCUT2D eigenvalue weighted by atomic mass is 32.1. The molecule has 1 atom stereocenters. The van der Waals surface area contributed by atoms with Crippen LogP contribution >= 0.6 is 11.3 Å². The third kappa shape index (κ3) is 5.09. The molecule has 0 saturated carbocycles. The number of thiazole rings is 1. The van der Waals surface area contributed by atoms with Gasteiger partial charge >= 0.3 is 5.97 Å². The summed E-state index contributed by atoms with van der Waals surface area (Å²) in [5.41, 5.74) is 10.5. The van der Waals surface area contributed by atoms with E-state index in [1.807, 2.05) is 48.5 Å². The molecule has 2 aromatic carbocycles. The number of nitrogens with zero attached hydrogens (tertiary/aromatic N) is 2. The van der Waals surface area contributed by atoms with Crippen molar-refractivity contribution in [2.75, 3.05) is 0 Å². The number of aromatic nitrogens is 1. The van der Waals surface area contributed by atoms with E-state index in [4.69, 9.17) is 10.5 Å². The number of hydrogen-bond acceptors (Lipinski definition) is 6. The fraction of sp³-hybridized carbons (Fsp3) is 0.323. The molecule has 0 spiro atoms. The molecule has 1 aromatic heterocycles. The summed E-state index contributed by atoms with van der Waals surface area (Å²) in [6.07, 6.45) is 1.41. The quantitative estimate of drug-likeness (QED) is 0.475. The van der Waals surface area contributed by atoms with Gasteiger partial charge in [-0.15, -0.1) is 11.3 Å². The Kier molecular flexibility index (Phi) is 7.75. The monoisotopic (exact) mass is 527 g/mol. The van der Waals surface area contributed by atoms with E-state index in [0.29, 0.717) is 21.0 Å². The molecule has 0 radical (unpaired) electrons. The number of carbonyl (C=O) groups is 1. The van der Waals surface area contributed by atoms with Gasteiger partial charge in [0.15, 0.2) is 0 Å². The van der Waals surface area contributed by atoms with Crippen LogP contribution in [-0.2, 0) is 9.53 Å². The molecule has 6 nitrogen and oxygen atoms in total. The normalized spacial score (nSPS) is 15.8. The zero-order valence-electron chi connectivity index (χ0n) is 22.6. The molecule has 0 amide bonds. The summed E-state index contributed by atoms with van der Waals surface area (Å²) in [6, 6.07) is 18.0. The van der Waals surface area contributed by atoms with Crippen molar-refractivity contribution in [3.05, 3.63) is 95.9 Å². The fourth-order valence-electron chi connectivity index (χ4n) is 4.56. The van der Waals surface area contributed by atoms with Crippen LogP contribution in [0.1, 0.15) is 81.5 Å². The van der Waals surface area contributed by atoms with Crippen molar-refractivity contribution in [2.24, 2.45) is 5.73 Å². The maximum absolute atomic E-state index is 13.6. The first-order valence-corrected chi connectivity index (χ1v) is 13.6. The van der Waals surface area contributed by atoms with E-state index in [9.17, 15) is 14.9 Å². The second-order valence-electron chi connectivity index (χ2n) is 10.4. The van der Waals surface area contributed by atoms with Crippen LogP contribution in [0.2, 0.25) is 0 Å². The first-order valence-electron chi connectivity index (χ1n) is 12.8. The van der Waals surface area contributed by atoms with Gasteiger partial charge in [-0.05, 0) is 54.0 Å². The molecule has 0 saturated heterocycles. The molecular formula is C31H33N3O3S. The summed E-state index contributed by atoms with van der Waals surface area (Å²) >= 11 is 1.19. The maximum Gasteiger partial charge on any atom is 0.338 e. The van der Waals surface area contributed by atoms with Crippen molar-refractivity contribution in [1.82, 2.24) is 4.57 Å². The van der Waals surface area contributed by atoms with Crippen molar-refractivity contribution in [3.63, 3.8) is 0 Å². The predicted octanol–water partition coefficient (Wildman–Crippen LogP) is 4.54. The first-order chi connectivity index (χ1) is 18.0. The van der Waals surface area contributed by atoms with Gasteiger partial charge in [-0.2, -0.15) is 5.26 Å². The van der Waals surface area contributed by atoms with Gasteiger partial charge in [0.2, 0.25) is 0 Å². The molecule has 4 rings (SSSR count). The second-order valence-corrected chi connectivity index (χ2v) is 11.4. The van der Waals surface area contributed by atoms with Gasteiger partial charge < -0.3 is 10.5 Å². The highest BCUT2D eigenvalue weighted by Gasteiger charge is 2.36. The molecule has 1 aliphatic heterocycles. The number of ether oxygens (including phenoxy) is 1. The lowest BCUT2D eigenvalue weighted by Gasteiger charge is -2.25. The average Bonchev–Trinajstić information content (AvgIpc) is 3.19. The summed E-state index contributed by atoms with van der Waals surface area (Å²) in [4.78, 5) is 27.1. The molecule has 38 heavy (non-hydrogen) atoms. The van der Waals surface area contributed by atoms with E-state index < -0.39 is 11.9 Å². The zero-order valence-corrected chi connectivity index (χ0v) is 23.4. The van der Waals surface area contributed by atoms with E-state index >= 15 is 0 Å². The van der Waals surface area contributed by atoms with E-state index in [-0.39, 0.29) is 28.6 Å². The number of hydrogen-bond donors (Lipinski definition) is 1. The first kappa shape index (κ1) is 27.2. The summed E-state index contributed by atoms with van der Waals surface area (Å²) in [6.45, 7) is 12.0. The Hall–Kier alpha value is -3.89. The minimum absolute atomic E-state index is 0.0394. The Morgan fingerprint density at radius 2 is 1.55 bits per heavy atom. The lowest BCUT2D eigenvalue weighted by atomic mass is 9.83. The molecule has 196 valence electrons. The number of fused-ring (bicyclic) bond motifs is 1. The van der Waals surface area contributed by atoms with Crippen molar-refractivity contribution >= 4 is 34.8 Å². The smallest absolute Gasteiger partial charge is 0.338 e. The van der Waals surface area contributed by atoms with Gasteiger partial charge in [0.25, 0.3) is 5.56 Å². The number of carbonyl (C=O) groups excluding carboxylic acids is 1. The lowest BCUT2D eigenvalue weighted by Crippen LogP contribution is -2.40. The zero-order chi connectivity index (χ0) is 27.7. The van der Waals surface area contributed by atoms with Gasteiger partial charge in [0, 0.05) is 0 Å². The molecule has 2 heterocycles. The third-order valence-corrected chi connectivity index (χ3v) is 7.78. The Bertz CT molecular complexity index is 1610. The van der Waals surface area contributed by atoms with Gasteiger partial charge in [-0.1, -0.05) is 76.2 Å². The summed E-state index contributed by atoms with van der Waals surface area (Å²) in [7, 11) is 0. The van der Waals surface area contributed by atoms with Crippen molar-refractivity contribution in [3.8, 4) is 6.07 Å². The van der Waals surface area contributed by atoms with Crippen LogP contribution in [0.25, 0.3) is 17.5 Å². The minimum atomic E-state index is -0.747. The number of nitriles is 1. The van der Waals surface area contributed by atoms with E-state index in [1.54, 1.807) is 19.9 Å². The standard InChI is InChI=1S/C31H33N3O3S/c1-17(2)21-9-7-20(8-10-21)15-25-29(35)34-28(33)24(16-32)26(23-13-11-22(12-14-23)18(3)4)27(30(34)38-25)31(36)37-19(5)6/h7-15,17-19,26H,33H2,1-6H3/t26-/m0/s1. The van der Waals surface area contributed by atoms with Crippen LogP contribution in [-0.4, -0.2) is 16.6 Å². The molecule has 0 unspecified atom stereocenters. The van der Waals surface area contributed by atoms with Crippen LogP contribution in [0, 0.1) is 11.3 Å². The van der Waals surface area contributed by atoms with Crippen LogP contribution in [0.3, 0.4) is 0 Å². The van der Waals surface area contributed by atoms with Crippen LogP contribution < -0.4 is 20.5 Å². The highest BCUT2D eigenvalue weighted by Crippen LogP contribution is 2.37. The molecule has 0 bridgehead atoms. The van der Waals surface area contributed by atoms with Crippen LogP contribution in [0.5, 0.6) is 0 Å². The SMILES string of the molecule is CC(C)OC(=O)C1=c2sc(=Cc3ccc(C(C)C)cc3)c(=O)n2C(N)=C(C#N)[C@@H]1c1ccc(C(C)C)cc1. The van der Waals surface area contributed by atoms with E-state index in [2.05, 4.69) is 33.8 Å². The van der Waals surface area contributed by atoms with E-state index in [0.717, 1.165) is 16.7 Å². The van der Waals surface area contributed by atoms with E-state index in [1.165, 1.54) is 21.5 Å². The Morgan fingerprint density at radius 3 is 2.05 bits per heavy atom. The molecule has 1 aliphatic rings. The Labute approximate surface area is 227 Å². The van der Waals surface area contributed by atoms with Gasteiger partial charge in [0.05, 0.1) is 33.8 Å². The fourth-order valence-corrected chi connectivity index (χ4v) is 5.72. The molecular weight excluding hydrogens is 494 g/mol. The third-order valence-electron chi connectivity index (χ3n) is 6.67. The summed E-state index contributed by atoms with van der Waals surface area (Å²) in [5, 5.41) is 10.2. The molecule has 2 N–H and O–H groups in total. The van der Waals surface area contributed by atoms with Crippen molar-refractivity contribution in [1.29, 1.82) is 5.26 Å². The highest BCUT2D eigenvalue weighted by molar-refractivity contribution is 7.07.